The Morgan fingerprint density at radius 2 is 2.26 bits per heavy atom. The molecule has 3 heterocycles. The maximum absolute atomic E-state index is 5.89. The van der Waals surface area contributed by atoms with E-state index in [2.05, 4.69) is 20.1 Å². The Morgan fingerprint density at radius 1 is 1.37 bits per heavy atom. The van der Waals surface area contributed by atoms with Gasteiger partial charge in [0.25, 0.3) is 0 Å². The lowest BCUT2D eigenvalue weighted by Crippen LogP contribution is -1.95. The third kappa shape index (κ3) is 2.54. The van der Waals surface area contributed by atoms with E-state index in [1.54, 1.807) is 11.3 Å². The van der Waals surface area contributed by atoms with Crippen molar-refractivity contribution in [1.29, 1.82) is 0 Å². The monoisotopic (exact) mass is 293 g/mol. The van der Waals surface area contributed by atoms with Gasteiger partial charge in [-0.25, -0.2) is 9.97 Å². The maximum Gasteiger partial charge on any atom is 0.237 e. The van der Waals surface area contributed by atoms with Crippen LogP contribution >= 0.6 is 23.1 Å². The molecule has 0 aliphatic heterocycles. The molecule has 0 aliphatic carbocycles. The topological polar surface area (TPSA) is 90.7 Å². The number of anilines is 1. The van der Waals surface area contributed by atoms with Gasteiger partial charge in [0, 0.05) is 6.42 Å². The number of nitrogens with two attached hydrogens (primary N) is 1. The van der Waals surface area contributed by atoms with Gasteiger partial charge in [0.2, 0.25) is 5.89 Å². The molecule has 6 nitrogen and oxygen atoms in total. The molecule has 0 saturated heterocycles. The zero-order valence-electron chi connectivity index (χ0n) is 10.2. The molecule has 8 heteroatoms. The molecule has 3 rings (SSSR count). The molecule has 19 heavy (non-hydrogen) atoms. The summed E-state index contributed by atoms with van der Waals surface area (Å²) >= 11 is 2.99. The Bertz CT molecular complexity index is 708. The van der Waals surface area contributed by atoms with Crippen molar-refractivity contribution in [1.82, 2.24) is 20.1 Å². The smallest absolute Gasteiger partial charge is 0.237 e. The first kappa shape index (κ1) is 12.4. The molecule has 0 aliphatic rings. The number of hydrogen-bond donors (Lipinski definition) is 1. The van der Waals surface area contributed by atoms with Crippen LogP contribution in [0.1, 0.15) is 18.6 Å². The minimum atomic E-state index is 0.508. The number of rotatable bonds is 4. The summed E-state index contributed by atoms with van der Waals surface area (Å²) in [5.41, 5.74) is 5.89. The van der Waals surface area contributed by atoms with Gasteiger partial charge >= 0.3 is 0 Å². The molecule has 0 unspecified atom stereocenters. The van der Waals surface area contributed by atoms with Gasteiger partial charge in [-0.15, -0.1) is 11.3 Å². The number of thioether (sulfide) groups is 1. The van der Waals surface area contributed by atoms with Crippen LogP contribution in [-0.2, 0) is 12.2 Å². The molecular weight excluding hydrogens is 282 g/mol. The van der Waals surface area contributed by atoms with E-state index < -0.39 is 0 Å². The second-order valence-corrected chi connectivity index (χ2v) is 5.61. The van der Waals surface area contributed by atoms with E-state index in [9.17, 15) is 0 Å². The number of hydrogen-bond acceptors (Lipinski definition) is 8. The third-order valence-corrected chi connectivity index (χ3v) is 4.12. The summed E-state index contributed by atoms with van der Waals surface area (Å²) in [4.78, 5) is 13.8. The average Bonchev–Trinajstić information content (AvgIpc) is 3.05. The highest BCUT2D eigenvalue weighted by molar-refractivity contribution is 7.98. The average molecular weight is 293 g/mol. The SMILES string of the molecule is CCc1noc(CSc2nc(N)c3ccsc3n2)n1. The Hall–Kier alpha value is -1.67. The summed E-state index contributed by atoms with van der Waals surface area (Å²) in [6.07, 6.45) is 0.763. The van der Waals surface area contributed by atoms with E-state index in [4.69, 9.17) is 10.3 Å². The molecule has 3 aromatic heterocycles. The molecular formula is C11H11N5OS2. The van der Waals surface area contributed by atoms with Crippen molar-refractivity contribution in [2.45, 2.75) is 24.3 Å². The van der Waals surface area contributed by atoms with E-state index in [1.807, 2.05) is 18.4 Å². The molecule has 0 amide bonds. The normalized spacial score (nSPS) is 11.2. The largest absolute Gasteiger partial charge is 0.383 e. The Balaban J connectivity index is 1.77. The van der Waals surface area contributed by atoms with Crippen LogP contribution in [0, 0.1) is 0 Å². The maximum atomic E-state index is 5.89. The van der Waals surface area contributed by atoms with E-state index >= 15 is 0 Å². The van der Waals surface area contributed by atoms with Crippen LogP contribution in [0.15, 0.2) is 21.1 Å². The first-order valence-electron chi connectivity index (χ1n) is 5.71. The van der Waals surface area contributed by atoms with Crippen LogP contribution < -0.4 is 5.73 Å². The predicted octanol–water partition coefficient (Wildman–Crippen LogP) is 2.51. The zero-order valence-corrected chi connectivity index (χ0v) is 11.8. The highest BCUT2D eigenvalue weighted by Crippen LogP contribution is 2.27. The summed E-state index contributed by atoms with van der Waals surface area (Å²) in [6, 6.07) is 1.93. The van der Waals surface area contributed by atoms with Gasteiger partial charge in [0.15, 0.2) is 11.0 Å². The van der Waals surface area contributed by atoms with Crippen LogP contribution in [0.2, 0.25) is 0 Å². The quantitative estimate of drug-likeness (QED) is 0.583. The van der Waals surface area contributed by atoms with E-state index in [1.165, 1.54) is 11.8 Å². The lowest BCUT2D eigenvalue weighted by atomic mass is 10.4. The van der Waals surface area contributed by atoms with Crippen molar-refractivity contribution in [2.24, 2.45) is 0 Å². The lowest BCUT2D eigenvalue weighted by Gasteiger charge is -2.00. The first-order chi connectivity index (χ1) is 9.26. The van der Waals surface area contributed by atoms with Gasteiger partial charge in [0.1, 0.15) is 10.6 Å². The molecule has 2 N–H and O–H groups in total. The van der Waals surface area contributed by atoms with Crippen molar-refractivity contribution < 1.29 is 4.52 Å². The van der Waals surface area contributed by atoms with Gasteiger partial charge < -0.3 is 10.3 Å². The van der Waals surface area contributed by atoms with E-state index in [0.717, 1.165) is 16.6 Å². The van der Waals surface area contributed by atoms with Crippen LogP contribution in [0.5, 0.6) is 0 Å². The summed E-state index contributed by atoms with van der Waals surface area (Å²) in [7, 11) is 0. The number of nitrogens with zero attached hydrogens (tertiary/aromatic N) is 4. The van der Waals surface area contributed by atoms with Gasteiger partial charge in [0.05, 0.1) is 11.1 Å². The Morgan fingerprint density at radius 3 is 3.05 bits per heavy atom. The van der Waals surface area contributed by atoms with Gasteiger partial charge in [-0.3, -0.25) is 0 Å². The molecule has 0 saturated carbocycles. The van der Waals surface area contributed by atoms with Crippen LogP contribution in [-0.4, -0.2) is 20.1 Å². The molecule has 0 aromatic carbocycles. The second-order valence-electron chi connectivity index (χ2n) is 3.78. The van der Waals surface area contributed by atoms with Crippen LogP contribution in [0.3, 0.4) is 0 Å². The molecule has 0 radical (unpaired) electrons. The number of nitrogen functional groups attached to an aromatic ring is 1. The standard InChI is InChI=1S/C11H11N5OS2/c1-2-7-13-8(17-16-7)5-19-11-14-9(12)6-3-4-18-10(6)15-11/h3-4H,2,5H2,1H3,(H2,12,14,15). The first-order valence-corrected chi connectivity index (χ1v) is 7.57. The number of aromatic nitrogens is 4. The number of aryl methyl sites for hydroxylation is 1. The van der Waals surface area contributed by atoms with Crippen molar-refractivity contribution in [3.63, 3.8) is 0 Å². The predicted molar refractivity (Wildman–Crippen MR) is 75.1 cm³/mol. The van der Waals surface area contributed by atoms with Crippen molar-refractivity contribution in [2.75, 3.05) is 5.73 Å². The highest BCUT2D eigenvalue weighted by Gasteiger charge is 2.10. The molecule has 3 aromatic rings. The molecule has 0 spiro atoms. The lowest BCUT2D eigenvalue weighted by molar-refractivity contribution is 0.385. The number of thiophene rings is 1. The number of fused-ring (bicyclic) bond motifs is 1. The fourth-order valence-electron chi connectivity index (χ4n) is 1.54. The molecule has 0 fully saturated rings. The highest BCUT2D eigenvalue weighted by atomic mass is 32.2. The fraction of sp³-hybridized carbons (Fsp3) is 0.273. The van der Waals surface area contributed by atoms with Crippen LogP contribution in [0.25, 0.3) is 10.2 Å². The van der Waals surface area contributed by atoms with E-state index in [0.29, 0.717) is 28.4 Å². The van der Waals surface area contributed by atoms with E-state index in [-0.39, 0.29) is 0 Å². The zero-order chi connectivity index (χ0) is 13.2. The summed E-state index contributed by atoms with van der Waals surface area (Å²) in [6.45, 7) is 1.98. The minimum absolute atomic E-state index is 0.508. The molecule has 0 bridgehead atoms. The Kier molecular flexibility index (Phi) is 3.34. The second kappa shape index (κ2) is 5.14. The van der Waals surface area contributed by atoms with Gasteiger partial charge in [-0.2, -0.15) is 4.98 Å². The summed E-state index contributed by atoms with van der Waals surface area (Å²) in [5.74, 6) is 2.34. The molecule has 98 valence electrons. The van der Waals surface area contributed by atoms with Gasteiger partial charge in [-0.1, -0.05) is 23.8 Å². The van der Waals surface area contributed by atoms with Crippen LogP contribution in [0.4, 0.5) is 5.82 Å². The molecule has 0 atom stereocenters. The van der Waals surface area contributed by atoms with Crippen molar-refractivity contribution >= 4 is 39.1 Å². The fourth-order valence-corrected chi connectivity index (χ4v) is 3.06. The summed E-state index contributed by atoms with van der Waals surface area (Å²) < 4.78 is 5.11. The van der Waals surface area contributed by atoms with Crippen molar-refractivity contribution in [3.05, 3.63) is 23.2 Å². The van der Waals surface area contributed by atoms with Gasteiger partial charge in [-0.05, 0) is 11.4 Å². The Labute approximate surface area is 117 Å². The third-order valence-electron chi connectivity index (χ3n) is 2.49. The summed E-state index contributed by atoms with van der Waals surface area (Å²) in [5, 5.41) is 7.33. The minimum Gasteiger partial charge on any atom is -0.383 e. The van der Waals surface area contributed by atoms with Crippen molar-refractivity contribution in [3.8, 4) is 0 Å².